The van der Waals surface area contributed by atoms with Crippen LogP contribution in [0.4, 0.5) is 0 Å². The third-order valence-corrected chi connectivity index (χ3v) is 4.61. The first-order valence-electron chi connectivity index (χ1n) is 6.42. The highest BCUT2D eigenvalue weighted by molar-refractivity contribution is 5.15. The van der Waals surface area contributed by atoms with Gasteiger partial charge in [-0.05, 0) is 56.3 Å². The van der Waals surface area contributed by atoms with Crippen molar-refractivity contribution in [2.45, 2.75) is 46.0 Å². The highest BCUT2D eigenvalue weighted by Gasteiger charge is 2.38. The molecule has 0 aromatic heterocycles. The van der Waals surface area contributed by atoms with E-state index < -0.39 is 0 Å². The molecule has 0 aliphatic heterocycles. The van der Waals surface area contributed by atoms with Crippen LogP contribution < -0.4 is 0 Å². The summed E-state index contributed by atoms with van der Waals surface area (Å²) in [5.41, 5.74) is 2.94. The Morgan fingerprint density at radius 1 is 1.27 bits per heavy atom. The van der Waals surface area contributed by atoms with Crippen molar-refractivity contribution in [3.63, 3.8) is 0 Å². The first-order chi connectivity index (χ1) is 7.09. The molecule has 4 atom stereocenters. The van der Waals surface area contributed by atoms with E-state index in [1.165, 1.54) is 43.3 Å². The van der Waals surface area contributed by atoms with Crippen molar-refractivity contribution in [2.75, 3.05) is 0 Å². The van der Waals surface area contributed by atoms with Gasteiger partial charge in [0.05, 0.1) is 0 Å². The van der Waals surface area contributed by atoms with Crippen molar-refractivity contribution in [3.8, 4) is 0 Å². The van der Waals surface area contributed by atoms with E-state index in [4.69, 9.17) is 0 Å². The van der Waals surface area contributed by atoms with Crippen molar-refractivity contribution in [3.05, 3.63) is 24.3 Å². The summed E-state index contributed by atoms with van der Waals surface area (Å²) in [5, 5.41) is 0. The highest BCUT2D eigenvalue weighted by Crippen LogP contribution is 2.49. The molecule has 2 fully saturated rings. The van der Waals surface area contributed by atoms with E-state index in [-0.39, 0.29) is 0 Å². The molecule has 4 unspecified atom stereocenters. The fourth-order valence-corrected chi connectivity index (χ4v) is 3.73. The minimum absolute atomic E-state index is 0.781. The molecule has 0 saturated heterocycles. The SMILES string of the molecule is C=C(C)C1CCC(=C)C2CCC(C)CC12. The number of rotatable bonds is 1. The zero-order valence-corrected chi connectivity index (χ0v) is 10.3. The Balaban J connectivity index is 2.17. The topological polar surface area (TPSA) is 0 Å². The van der Waals surface area contributed by atoms with Crippen LogP contribution in [-0.4, -0.2) is 0 Å². The lowest BCUT2D eigenvalue weighted by atomic mass is 9.60. The minimum atomic E-state index is 0.781. The molecule has 2 aliphatic carbocycles. The Labute approximate surface area is 94.5 Å². The molecule has 0 spiro atoms. The average molecular weight is 204 g/mol. The molecule has 0 bridgehead atoms. The lowest BCUT2D eigenvalue weighted by molar-refractivity contribution is 0.136. The van der Waals surface area contributed by atoms with Gasteiger partial charge in [0.25, 0.3) is 0 Å². The maximum Gasteiger partial charge on any atom is -0.0171 e. The number of hydrogen-bond donors (Lipinski definition) is 0. The van der Waals surface area contributed by atoms with Crippen LogP contribution in [0.15, 0.2) is 24.3 Å². The van der Waals surface area contributed by atoms with Gasteiger partial charge in [-0.2, -0.15) is 0 Å². The second-order valence-corrected chi connectivity index (χ2v) is 5.84. The van der Waals surface area contributed by atoms with E-state index in [9.17, 15) is 0 Å². The maximum absolute atomic E-state index is 4.29. The van der Waals surface area contributed by atoms with Gasteiger partial charge in [-0.1, -0.05) is 37.6 Å². The first-order valence-corrected chi connectivity index (χ1v) is 6.42. The fraction of sp³-hybridized carbons (Fsp3) is 0.733. The summed E-state index contributed by atoms with van der Waals surface area (Å²) in [5.74, 6) is 3.38. The van der Waals surface area contributed by atoms with Gasteiger partial charge in [-0.15, -0.1) is 0 Å². The normalized spacial score (nSPS) is 41.1. The van der Waals surface area contributed by atoms with Gasteiger partial charge < -0.3 is 0 Å². The summed E-state index contributed by atoms with van der Waals surface area (Å²) < 4.78 is 0. The zero-order chi connectivity index (χ0) is 11.0. The molecule has 2 aliphatic rings. The summed E-state index contributed by atoms with van der Waals surface area (Å²) in [6.07, 6.45) is 6.74. The van der Waals surface area contributed by atoms with E-state index in [1.54, 1.807) is 0 Å². The van der Waals surface area contributed by atoms with Crippen LogP contribution in [0.2, 0.25) is 0 Å². The van der Waals surface area contributed by atoms with Gasteiger partial charge in [-0.25, -0.2) is 0 Å². The van der Waals surface area contributed by atoms with Crippen LogP contribution in [0.25, 0.3) is 0 Å². The zero-order valence-electron chi connectivity index (χ0n) is 10.3. The predicted molar refractivity (Wildman–Crippen MR) is 66.7 cm³/mol. The Hall–Kier alpha value is -0.520. The fourth-order valence-electron chi connectivity index (χ4n) is 3.73. The molecule has 15 heavy (non-hydrogen) atoms. The predicted octanol–water partition coefficient (Wildman–Crippen LogP) is 4.58. The quantitative estimate of drug-likeness (QED) is 0.548. The summed E-state index contributed by atoms with van der Waals surface area (Å²) >= 11 is 0. The van der Waals surface area contributed by atoms with Gasteiger partial charge in [0.1, 0.15) is 0 Å². The van der Waals surface area contributed by atoms with Crippen molar-refractivity contribution in [1.29, 1.82) is 0 Å². The minimum Gasteiger partial charge on any atom is -0.0998 e. The van der Waals surface area contributed by atoms with Gasteiger partial charge in [0, 0.05) is 0 Å². The molecule has 0 aromatic carbocycles. The van der Waals surface area contributed by atoms with E-state index in [0.29, 0.717) is 0 Å². The van der Waals surface area contributed by atoms with Crippen molar-refractivity contribution < 1.29 is 0 Å². The molecule has 0 heterocycles. The van der Waals surface area contributed by atoms with Gasteiger partial charge in [0.15, 0.2) is 0 Å². The molecular formula is C15H24. The number of fused-ring (bicyclic) bond motifs is 1. The van der Waals surface area contributed by atoms with Gasteiger partial charge in [-0.3, -0.25) is 0 Å². The molecule has 84 valence electrons. The van der Waals surface area contributed by atoms with Crippen molar-refractivity contribution >= 4 is 0 Å². The lowest BCUT2D eigenvalue weighted by Crippen LogP contribution is -2.35. The molecule has 0 heteroatoms. The van der Waals surface area contributed by atoms with E-state index in [0.717, 1.165) is 23.7 Å². The molecule has 0 N–H and O–H groups in total. The van der Waals surface area contributed by atoms with Gasteiger partial charge >= 0.3 is 0 Å². The molecule has 2 rings (SSSR count). The summed E-state index contributed by atoms with van der Waals surface area (Å²) in [7, 11) is 0. The number of hydrogen-bond acceptors (Lipinski definition) is 0. The van der Waals surface area contributed by atoms with Crippen LogP contribution in [0, 0.1) is 23.7 Å². The smallest absolute Gasteiger partial charge is 0.0171 e. The Bertz CT molecular complexity index is 272. The Morgan fingerprint density at radius 2 is 2.00 bits per heavy atom. The molecular weight excluding hydrogens is 180 g/mol. The van der Waals surface area contributed by atoms with Crippen molar-refractivity contribution in [2.24, 2.45) is 23.7 Å². The second kappa shape index (κ2) is 4.15. The molecule has 0 radical (unpaired) electrons. The third kappa shape index (κ3) is 2.04. The van der Waals surface area contributed by atoms with E-state index in [1.807, 2.05) is 0 Å². The lowest BCUT2D eigenvalue weighted by Gasteiger charge is -2.45. The Morgan fingerprint density at radius 3 is 2.67 bits per heavy atom. The van der Waals surface area contributed by atoms with Crippen LogP contribution in [0.1, 0.15) is 46.0 Å². The summed E-state index contributed by atoms with van der Waals surface area (Å²) in [4.78, 5) is 0. The number of allylic oxidation sites excluding steroid dienone is 2. The summed E-state index contributed by atoms with van der Waals surface area (Å²) in [6.45, 7) is 13.1. The average Bonchev–Trinajstić information content (AvgIpc) is 2.17. The van der Waals surface area contributed by atoms with Crippen LogP contribution in [-0.2, 0) is 0 Å². The largest absolute Gasteiger partial charge is 0.0998 e. The van der Waals surface area contributed by atoms with E-state index >= 15 is 0 Å². The first kappa shape index (κ1) is 11.0. The second-order valence-electron chi connectivity index (χ2n) is 5.84. The molecule has 0 nitrogen and oxygen atoms in total. The standard InChI is InChI=1S/C15H24/c1-10(2)13-8-6-12(4)14-7-5-11(3)9-15(13)14/h11,13-15H,1,4-9H2,2-3H3. The van der Waals surface area contributed by atoms with Gasteiger partial charge in [0.2, 0.25) is 0 Å². The molecule has 0 aromatic rings. The van der Waals surface area contributed by atoms with Crippen molar-refractivity contribution in [1.82, 2.24) is 0 Å². The maximum atomic E-state index is 4.29. The third-order valence-electron chi connectivity index (χ3n) is 4.61. The summed E-state index contributed by atoms with van der Waals surface area (Å²) in [6, 6.07) is 0. The Kier molecular flexibility index (Phi) is 3.04. The van der Waals surface area contributed by atoms with Crippen LogP contribution in [0.5, 0.6) is 0 Å². The highest BCUT2D eigenvalue weighted by atomic mass is 14.4. The molecule has 2 saturated carbocycles. The molecule has 0 amide bonds. The van der Waals surface area contributed by atoms with E-state index in [2.05, 4.69) is 27.0 Å². The monoisotopic (exact) mass is 204 g/mol. The van der Waals surface area contributed by atoms with Crippen LogP contribution >= 0.6 is 0 Å². The van der Waals surface area contributed by atoms with Crippen LogP contribution in [0.3, 0.4) is 0 Å².